The van der Waals surface area contributed by atoms with Crippen molar-refractivity contribution in [1.29, 1.82) is 0 Å². The first kappa shape index (κ1) is 15.2. The quantitative estimate of drug-likeness (QED) is 0.792. The smallest absolute Gasteiger partial charge is 0.184 e. The van der Waals surface area contributed by atoms with Gasteiger partial charge in [-0.1, -0.05) is 0 Å². The van der Waals surface area contributed by atoms with Crippen LogP contribution in [0.4, 0.5) is 4.39 Å². The maximum atomic E-state index is 12.9. The Hall–Kier alpha value is -2.15. The molecular weight excluding hydrogens is 297 g/mol. The van der Waals surface area contributed by atoms with Gasteiger partial charge in [0.25, 0.3) is 0 Å². The molecule has 1 aromatic carbocycles. The molecule has 0 unspecified atom stereocenters. The molecular formula is C14H14FNO4S. The number of hydrogen-bond acceptors (Lipinski definition) is 5. The van der Waals surface area contributed by atoms with Crippen molar-refractivity contribution in [3.63, 3.8) is 0 Å². The van der Waals surface area contributed by atoms with Gasteiger partial charge in [0.2, 0.25) is 0 Å². The van der Waals surface area contributed by atoms with Crippen LogP contribution in [0.15, 0.2) is 41.4 Å². The van der Waals surface area contributed by atoms with Crippen LogP contribution in [-0.4, -0.2) is 27.6 Å². The topological polar surface area (TPSA) is 65.5 Å². The van der Waals surface area contributed by atoms with Gasteiger partial charge >= 0.3 is 0 Å². The van der Waals surface area contributed by atoms with Gasteiger partial charge in [-0.3, -0.25) is 4.98 Å². The summed E-state index contributed by atoms with van der Waals surface area (Å²) >= 11 is 0. The fourth-order valence-electron chi connectivity index (χ4n) is 1.86. The summed E-state index contributed by atoms with van der Waals surface area (Å²) in [6.07, 6.45) is 1.44. The minimum atomic E-state index is -3.65. The van der Waals surface area contributed by atoms with Gasteiger partial charge in [-0.25, -0.2) is 12.8 Å². The summed E-state index contributed by atoms with van der Waals surface area (Å²) in [5.41, 5.74) is 0.237. The van der Waals surface area contributed by atoms with E-state index in [-0.39, 0.29) is 22.1 Å². The number of pyridine rings is 1. The summed E-state index contributed by atoms with van der Waals surface area (Å²) in [5, 5.41) is 0. The fourth-order valence-corrected chi connectivity index (χ4v) is 3.14. The molecule has 7 heteroatoms. The Morgan fingerprint density at radius 2 is 1.76 bits per heavy atom. The lowest BCUT2D eigenvalue weighted by Gasteiger charge is -2.11. The summed E-state index contributed by atoms with van der Waals surface area (Å²) in [4.78, 5) is 4.05. The molecule has 2 aromatic rings. The van der Waals surface area contributed by atoms with Crippen molar-refractivity contribution < 1.29 is 22.3 Å². The first-order chi connectivity index (χ1) is 9.97. The molecule has 0 aliphatic rings. The molecule has 0 aliphatic heterocycles. The maximum absolute atomic E-state index is 12.9. The number of nitrogens with zero attached hydrogens (tertiary/aromatic N) is 1. The van der Waals surface area contributed by atoms with Gasteiger partial charge < -0.3 is 9.47 Å². The molecule has 21 heavy (non-hydrogen) atoms. The van der Waals surface area contributed by atoms with Crippen molar-refractivity contribution in [3.8, 4) is 11.5 Å². The van der Waals surface area contributed by atoms with Gasteiger partial charge in [-0.2, -0.15) is 0 Å². The zero-order valence-electron chi connectivity index (χ0n) is 11.5. The second kappa shape index (κ2) is 6.09. The monoisotopic (exact) mass is 311 g/mol. The van der Waals surface area contributed by atoms with Gasteiger partial charge in [-0.05, 0) is 24.3 Å². The van der Waals surface area contributed by atoms with Crippen LogP contribution in [0.3, 0.4) is 0 Å². The number of methoxy groups -OCH3 is 2. The second-order valence-electron chi connectivity index (χ2n) is 4.21. The Bertz CT molecular complexity index is 729. The van der Waals surface area contributed by atoms with Crippen LogP contribution in [0, 0.1) is 5.82 Å². The highest BCUT2D eigenvalue weighted by Gasteiger charge is 2.21. The summed E-state index contributed by atoms with van der Waals surface area (Å²) in [6.45, 7) is 0. The molecule has 5 nitrogen and oxygen atoms in total. The maximum Gasteiger partial charge on any atom is 0.184 e. The highest BCUT2D eigenvalue weighted by Crippen LogP contribution is 2.31. The van der Waals surface area contributed by atoms with Crippen molar-refractivity contribution in [1.82, 2.24) is 4.98 Å². The minimum absolute atomic E-state index is 0.0237. The number of aromatic nitrogens is 1. The van der Waals surface area contributed by atoms with Crippen molar-refractivity contribution in [2.24, 2.45) is 0 Å². The molecule has 0 N–H and O–H groups in total. The lowest BCUT2D eigenvalue weighted by Crippen LogP contribution is -2.08. The SMILES string of the molecule is COc1ccnc(CS(=O)(=O)c2ccc(F)cc2)c1OC. The largest absolute Gasteiger partial charge is 0.493 e. The van der Waals surface area contributed by atoms with Crippen LogP contribution >= 0.6 is 0 Å². The molecule has 112 valence electrons. The van der Waals surface area contributed by atoms with Crippen molar-refractivity contribution in [2.45, 2.75) is 10.6 Å². The molecule has 0 aliphatic carbocycles. The van der Waals surface area contributed by atoms with E-state index in [2.05, 4.69) is 4.98 Å². The molecule has 0 saturated carbocycles. The van der Waals surface area contributed by atoms with E-state index in [0.29, 0.717) is 5.75 Å². The highest BCUT2D eigenvalue weighted by molar-refractivity contribution is 7.90. The van der Waals surface area contributed by atoms with Gasteiger partial charge in [0.05, 0.1) is 19.1 Å². The van der Waals surface area contributed by atoms with E-state index in [9.17, 15) is 12.8 Å². The normalized spacial score (nSPS) is 11.2. The molecule has 1 aromatic heterocycles. The molecule has 1 heterocycles. The number of sulfone groups is 1. The van der Waals surface area contributed by atoms with E-state index in [4.69, 9.17) is 9.47 Å². The first-order valence-corrected chi connectivity index (χ1v) is 7.67. The van der Waals surface area contributed by atoms with Crippen molar-refractivity contribution in [3.05, 3.63) is 48.0 Å². The number of hydrogen-bond donors (Lipinski definition) is 0. The third-order valence-electron chi connectivity index (χ3n) is 2.87. The van der Waals surface area contributed by atoms with Crippen LogP contribution in [-0.2, 0) is 15.6 Å². The van der Waals surface area contributed by atoms with Crippen LogP contribution in [0.5, 0.6) is 11.5 Å². The zero-order valence-corrected chi connectivity index (χ0v) is 12.4. The third kappa shape index (κ3) is 3.30. The summed E-state index contributed by atoms with van der Waals surface area (Å²) in [7, 11) is -0.788. The summed E-state index contributed by atoms with van der Waals surface area (Å²) in [5.74, 6) is -0.188. The second-order valence-corrected chi connectivity index (χ2v) is 6.20. The van der Waals surface area contributed by atoms with Gasteiger partial charge in [-0.15, -0.1) is 0 Å². The average molecular weight is 311 g/mol. The zero-order chi connectivity index (χ0) is 15.5. The van der Waals surface area contributed by atoms with E-state index >= 15 is 0 Å². The predicted molar refractivity (Wildman–Crippen MR) is 74.6 cm³/mol. The highest BCUT2D eigenvalue weighted by atomic mass is 32.2. The number of ether oxygens (including phenoxy) is 2. The standard InChI is InChI=1S/C14H14FNO4S/c1-19-13-7-8-16-12(14(13)20-2)9-21(17,18)11-5-3-10(15)4-6-11/h3-8H,9H2,1-2H3. The van der Waals surface area contributed by atoms with E-state index in [1.165, 1.54) is 32.5 Å². The van der Waals surface area contributed by atoms with Gasteiger partial charge in [0.1, 0.15) is 17.3 Å². The van der Waals surface area contributed by atoms with Crippen LogP contribution in [0.1, 0.15) is 5.69 Å². The summed E-state index contributed by atoms with van der Waals surface area (Å²) in [6, 6.07) is 6.22. The Morgan fingerprint density at radius 3 is 2.33 bits per heavy atom. The van der Waals surface area contributed by atoms with E-state index in [0.717, 1.165) is 12.1 Å². The first-order valence-electron chi connectivity index (χ1n) is 6.02. The van der Waals surface area contributed by atoms with E-state index < -0.39 is 15.7 Å². The number of halogens is 1. The molecule has 0 atom stereocenters. The van der Waals surface area contributed by atoms with Gasteiger partial charge in [0.15, 0.2) is 21.3 Å². The molecule has 2 rings (SSSR count). The molecule has 0 spiro atoms. The average Bonchev–Trinajstić information content (AvgIpc) is 2.47. The minimum Gasteiger partial charge on any atom is -0.493 e. The van der Waals surface area contributed by atoms with Crippen LogP contribution in [0.2, 0.25) is 0 Å². The molecule has 0 fully saturated rings. The lowest BCUT2D eigenvalue weighted by atomic mass is 10.3. The van der Waals surface area contributed by atoms with E-state index in [1.807, 2.05) is 0 Å². The molecule has 0 amide bonds. The van der Waals surface area contributed by atoms with Crippen molar-refractivity contribution >= 4 is 9.84 Å². The van der Waals surface area contributed by atoms with Crippen LogP contribution in [0.25, 0.3) is 0 Å². The van der Waals surface area contributed by atoms with Crippen molar-refractivity contribution in [2.75, 3.05) is 14.2 Å². The predicted octanol–water partition coefficient (Wildman–Crippen LogP) is 2.21. The Morgan fingerprint density at radius 1 is 1.10 bits per heavy atom. The third-order valence-corrected chi connectivity index (χ3v) is 4.51. The van der Waals surface area contributed by atoms with Gasteiger partial charge in [0, 0.05) is 12.3 Å². The van der Waals surface area contributed by atoms with Crippen LogP contribution < -0.4 is 9.47 Å². The Labute approximate surface area is 122 Å². The Balaban J connectivity index is 2.39. The number of benzene rings is 1. The van der Waals surface area contributed by atoms with E-state index in [1.54, 1.807) is 6.07 Å². The molecule has 0 bridgehead atoms. The summed E-state index contributed by atoms with van der Waals surface area (Å²) < 4.78 is 47.8. The lowest BCUT2D eigenvalue weighted by molar-refractivity contribution is 0.350. The fraction of sp³-hybridized carbons (Fsp3) is 0.214. The molecule has 0 radical (unpaired) electrons. The Kier molecular flexibility index (Phi) is 4.42. The number of rotatable bonds is 5. The molecule has 0 saturated heterocycles.